The highest BCUT2D eigenvalue weighted by Crippen LogP contribution is 2.13. The molecular weight excluding hydrogens is 284 g/mol. The van der Waals surface area contributed by atoms with Gasteiger partial charge in [-0.15, -0.1) is 0 Å². The monoisotopic (exact) mass is 300 g/mol. The van der Waals surface area contributed by atoms with Gasteiger partial charge in [-0.3, -0.25) is 0 Å². The largest absolute Gasteiger partial charge is 0.458 e. The van der Waals surface area contributed by atoms with E-state index in [0.29, 0.717) is 11.4 Å². The summed E-state index contributed by atoms with van der Waals surface area (Å²) in [7, 11) is 0. The van der Waals surface area contributed by atoms with Crippen LogP contribution in [0.2, 0.25) is 0 Å². The third kappa shape index (κ3) is 3.76. The van der Waals surface area contributed by atoms with Gasteiger partial charge in [-0.05, 0) is 24.3 Å². The number of rotatable bonds is 5. The van der Waals surface area contributed by atoms with Crippen LogP contribution in [-0.2, 0) is 9.47 Å². The Labute approximate surface area is 127 Å². The zero-order chi connectivity index (χ0) is 15.9. The first-order valence-corrected chi connectivity index (χ1v) is 6.63. The van der Waals surface area contributed by atoms with E-state index >= 15 is 0 Å². The molecule has 0 amide bonds. The molecule has 0 radical (unpaired) electrons. The lowest BCUT2D eigenvalue weighted by Crippen LogP contribution is -2.15. The van der Waals surface area contributed by atoms with Gasteiger partial charge in [-0.25, -0.2) is 9.59 Å². The molecule has 0 heterocycles. The number of hydrogen-bond donors (Lipinski definition) is 2. The minimum absolute atomic E-state index is 0.0638. The number of ether oxygens (including phenoxy) is 2. The SMILES string of the molecule is Nc1ccccc1C(=O)OCCOC(=O)c1ccccc1N. The zero-order valence-corrected chi connectivity index (χ0v) is 11.8. The van der Waals surface area contributed by atoms with E-state index in [1.807, 2.05) is 0 Å². The van der Waals surface area contributed by atoms with Crippen LogP contribution in [0.3, 0.4) is 0 Å². The van der Waals surface area contributed by atoms with Gasteiger partial charge in [0.1, 0.15) is 13.2 Å². The number of esters is 2. The van der Waals surface area contributed by atoms with Gasteiger partial charge in [0.2, 0.25) is 0 Å². The van der Waals surface area contributed by atoms with Crippen molar-refractivity contribution in [3.63, 3.8) is 0 Å². The molecule has 114 valence electrons. The van der Waals surface area contributed by atoms with Gasteiger partial charge in [0, 0.05) is 11.4 Å². The highest BCUT2D eigenvalue weighted by molar-refractivity contribution is 5.95. The predicted octanol–water partition coefficient (Wildman–Crippen LogP) is 1.86. The van der Waals surface area contributed by atoms with Gasteiger partial charge >= 0.3 is 11.9 Å². The van der Waals surface area contributed by atoms with Gasteiger partial charge in [0.25, 0.3) is 0 Å². The van der Waals surface area contributed by atoms with E-state index in [9.17, 15) is 9.59 Å². The number of para-hydroxylation sites is 2. The molecule has 2 rings (SSSR count). The molecule has 0 saturated carbocycles. The molecule has 0 fully saturated rings. The Balaban J connectivity index is 1.80. The summed E-state index contributed by atoms with van der Waals surface area (Å²) in [6.07, 6.45) is 0. The molecule has 2 aromatic carbocycles. The topological polar surface area (TPSA) is 105 Å². The highest BCUT2D eigenvalue weighted by Gasteiger charge is 2.12. The van der Waals surface area contributed by atoms with Crippen molar-refractivity contribution >= 4 is 23.3 Å². The quantitative estimate of drug-likeness (QED) is 0.496. The Bertz CT molecular complexity index is 626. The van der Waals surface area contributed by atoms with E-state index in [-0.39, 0.29) is 24.3 Å². The summed E-state index contributed by atoms with van der Waals surface area (Å²) < 4.78 is 10.00. The summed E-state index contributed by atoms with van der Waals surface area (Å²) in [5.41, 5.74) is 12.6. The normalized spacial score (nSPS) is 10.0. The number of carbonyl (C=O) groups is 2. The first kappa shape index (κ1) is 15.4. The molecule has 0 aromatic heterocycles. The van der Waals surface area contributed by atoms with E-state index < -0.39 is 11.9 Å². The fraction of sp³-hybridized carbons (Fsp3) is 0.125. The molecule has 0 saturated heterocycles. The van der Waals surface area contributed by atoms with Crippen molar-refractivity contribution in [1.29, 1.82) is 0 Å². The lowest BCUT2D eigenvalue weighted by atomic mass is 10.2. The third-order valence-corrected chi connectivity index (χ3v) is 2.91. The average molecular weight is 300 g/mol. The van der Waals surface area contributed by atoms with E-state index in [0.717, 1.165) is 0 Å². The maximum atomic E-state index is 11.8. The first-order valence-electron chi connectivity index (χ1n) is 6.63. The number of carbonyl (C=O) groups excluding carboxylic acids is 2. The smallest absolute Gasteiger partial charge is 0.340 e. The van der Waals surface area contributed by atoms with Crippen LogP contribution in [0.1, 0.15) is 20.7 Å². The molecule has 22 heavy (non-hydrogen) atoms. The van der Waals surface area contributed by atoms with Gasteiger partial charge in [-0.2, -0.15) is 0 Å². The molecule has 0 aliphatic carbocycles. The summed E-state index contributed by atoms with van der Waals surface area (Å²) in [6, 6.07) is 13.2. The van der Waals surface area contributed by atoms with Crippen molar-refractivity contribution in [3.05, 3.63) is 59.7 Å². The lowest BCUT2D eigenvalue weighted by Gasteiger charge is -2.08. The molecule has 0 aliphatic heterocycles. The fourth-order valence-electron chi connectivity index (χ4n) is 1.79. The second-order valence-electron chi connectivity index (χ2n) is 4.45. The molecule has 2 aromatic rings. The predicted molar refractivity (Wildman–Crippen MR) is 82.3 cm³/mol. The van der Waals surface area contributed by atoms with E-state index in [1.54, 1.807) is 48.5 Å². The fourth-order valence-corrected chi connectivity index (χ4v) is 1.79. The van der Waals surface area contributed by atoms with Crippen molar-refractivity contribution in [2.45, 2.75) is 0 Å². The Morgan fingerprint density at radius 3 is 1.45 bits per heavy atom. The Kier molecular flexibility index (Phi) is 4.98. The third-order valence-electron chi connectivity index (χ3n) is 2.91. The molecule has 0 bridgehead atoms. The molecule has 4 N–H and O–H groups in total. The molecule has 0 atom stereocenters. The lowest BCUT2D eigenvalue weighted by molar-refractivity contribution is 0.0267. The van der Waals surface area contributed by atoms with Crippen LogP contribution in [-0.4, -0.2) is 25.2 Å². The molecule has 6 heteroatoms. The van der Waals surface area contributed by atoms with E-state index in [4.69, 9.17) is 20.9 Å². The van der Waals surface area contributed by atoms with Crippen LogP contribution in [0.4, 0.5) is 11.4 Å². The van der Waals surface area contributed by atoms with Crippen molar-refractivity contribution in [2.24, 2.45) is 0 Å². The van der Waals surface area contributed by atoms with E-state index in [2.05, 4.69) is 0 Å². The first-order chi connectivity index (χ1) is 10.6. The van der Waals surface area contributed by atoms with Crippen LogP contribution in [0.25, 0.3) is 0 Å². The molecule has 0 aliphatic rings. The Morgan fingerprint density at radius 1 is 0.727 bits per heavy atom. The average Bonchev–Trinajstić information content (AvgIpc) is 2.52. The van der Waals surface area contributed by atoms with E-state index in [1.165, 1.54) is 0 Å². The van der Waals surface area contributed by atoms with Crippen LogP contribution in [0.15, 0.2) is 48.5 Å². The number of nitrogen functional groups attached to an aromatic ring is 2. The Morgan fingerprint density at radius 2 is 1.09 bits per heavy atom. The van der Waals surface area contributed by atoms with Crippen LogP contribution < -0.4 is 11.5 Å². The van der Waals surface area contributed by atoms with Crippen molar-refractivity contribution in [3.8, 4) is 0 Å². The van der Waals surface area contributed by atoms with Gasteiger partial charge < -0.3 is 20.9 Å². The summed E-state index contributed by atoms with van der Waals surface area (Å²) in [4.78, 5) is 23.5. The standard InChI is InChI=1S/C16H16N2O4/c17-13-7-3-1-5-11(13)15(19)21-9-10-22-16(20)12-6-2-4-8-14(12)18/h1-8H,9-10,17-18H2. The summed E-state index contributed by atoms with van der Waals surface area (Å²) >= 11 is 0. The maximum absolute atomic E-state index is 11.8. The van der Waals surface area contributed by atoms with Crippen molar-refractivity contribution in [1.82, 2.24) is 0 Å². The number of benzene rings is 2. The number of nitrogens with two attached hydrogens (primary N) is 2. The zero-order valence-electron chi connectivity index (χ0n) is 11.8. The molecular formula is C16H16N2O4. The summed E-state index contributed by atoms with van der Waals surface area (Å²) in [6.45, 7) is -0.128. The van der Waals surface area contributed by atoms with Gasteiger partial charge in [0.05, 0.1) is 11.1 Å². The summed E-state index contributed by atoms with van der Waals surface area (Å²) in [5, 5.41) is 0. The number of anilines is 2. The van der Waals surface area contributed by atoms with Gasteiger partial charge in [-0.1, -0.05) is 24.3 Å². The minimum Gasteiger partial charge on any atom is -0.458 e. The highest BCUT2D eigenvalue weighted by atomic mass is 16.6. The van der Waals surface area contributed by atoms with Crippen LogP contribution >= 0.6 is 0 Å². The molecule has 6 nitrogen and oxygen atoms in total. The molecule has 0 unspecified atom stereocenters. The maximum Gasteiger partial charge on any atom is 0.340 e. The van der Waals surface area contributed by atoms with Crippen molar-refractivity contribution in [2.75, 3.05) is 24.7 Å². The van der Waals surface area contributed by atoms with Gasteiger partial charge in [0.15, 0.2) is 0 Å². The van der Waals surface area contributed by atoms with Crippen molar-refractivity contribution < 1.29 is 19.1 Å². The summed E-state index contributed by atoms with van der Waals surface area (Å²) in [5.74, 6) is -1.12. The minimum atomic E-state index is -0.562. The molecule has 0 spiro atoms. The van der Waals surface area contributed by atoms with Crippen LogP contribution in [0, 0.1) is 0 Å². The second-order valence-corrected chi connectivity index (χ2v) is 4.45. The number of hydrogen-bond acceptors (Lipinski definition) is 6. The Hall–Kier alpha value is -3.02. The second kappa shape index (κ2) is 7.12. The van der Waals surface area contributed by atoms with Crippen LogP contribution in [0.5, 0.6) is 0 Å².